The molecule has 2 rings (SSSR count). The van der Waals surface area contributed by atoms with E-state index in [1.54, 1.807) is 6.92 Å². The molecule has 2 fully saturated rings. The summed E-state index contributed by atoms with van der Waals surface area (Å²) in [6, 6.07) is -0.805. The molecule has 0 aromatic carbocycles. The SMILES string of the molecule is CCOC(=O)C12C[C@H](N)[C@@H](NC(C)=O)[C@H](OC(C)C)C1O2. The number of hydrogen-bond acceptors (Lipinski definition) is 6. The fourth-order valence-corrected chi connectivity index (χ4v) is 2.99. The molecule has 0 spiro atoms. The van der Waals surface area contributed by atoms with Crippen LogP contribution < -0.4 is 11.1 Å². The minimum atomic E-state index is -1.01. The van der Waals surface area contributed by atoms with Gasteiger partial charge in [-0.15, -0.1) is 0 Å². The van der Waals surface area contributed by atoms with E-state index in [-0.39, 0.29) is 24.7 Å². The summed E-state index contributed by atoms with van der Waals surface area (Å²) in [4.78, 5) is 23.5. The minimum Gasteiger partial charge on any atom is -0.464 e. The second kappa shape index (κ2) is 5.90. The number of amides is 1. The first kappa shape index (κ1) is 16.2. The summed E-state index contributed by atoms with van der Waals surface area (Å²) >= 11 is 0. The third kappa shape index (κ3) is 3.04. The number of nitrogens with two attached hydrogens (primary N) is 1. The van der Waals surface area contributed by atoms with Gasteiger partial charge in [-0.25, -0.2) is 4.79 Å². The number of hydrogen-bond donors (Lipinski definition) is 2. The number of ether oxygens (including phenoxy) is 3. The Morgan fingerprint density at radius 3 is 2.67 bits per heavy atom. The van der Waals surface area contributed by atoms with Crippen molar-refractivity contribution in [3.05, 3.63) is 0 Å². The van der Waals surface area contributed by atoms with Gasteiger partial charge in [0.1, 0.15) is 12.2 Å². The van der Waals surface area contributed by atoms with Gasteiger partial charge in [-0.1, -0.05) is 0 Å². The maximum atomic E-state index is 12.1. The van der Waals surface area contributed by atoms with Gasteiger partial charge in [0.15, 0.2) is 5.60 Å². The van der Waals surface area contributed by atoms with Crippen molar-refractivity contribution in [3.63, 3.8) is 0 Å². The van der Waals surface area contributed by atoms with E-state index in [0.717, 1.165) is 0 Å². The van der Waals surface area contributed by atoms with Gasteiger partial charge in [-0.2, -0.15) is 0 Å². The van der Waals surface area contributed by atoms with E-state index >= 15 is 0 Å². The summed E-state index contributed by atoms with van der Waals surface area (Å²) in [6.45, 7) is 7.24. The standard InChI is InChI=1S/C14H24N2O5/c1-5-19-13(18)14-6-9(15)10(16-8(4)17)11(12(14)21-14)20-7(2)3/h7,9-12H,5-6,15H2,1-4H3,(H,16,17)/t9-,10+,11-,12?,14?/m0/s1. The van der Waals surface area contributed by atoms with Crippen LogP contribution in [0.25, 0.3) is 0 Å². The van der Waals surface area contributed by atoms with Crippen LogP contribution in [0.1, 0.15) is 34.1 Å². The van der Waals surface area contributed by atoms with Gasteiger partial charge in [0, 0.05) is 19.4 Å². The highest BCUT2D eigenvalue weighted by molar-refractivity contribution is 5.84. The lowest BCUT2D eigenvalue weighted by Crippen LogP contribution is -2.63. The van der Waals surface area contributed by atoms with Gasteiger partial charge < -0.3 is 25.3 Å². The Morgan fingerprint density at radius 2 is 2.14 bits per heavy atom. The Morgan fingerprint density at radius 1 is 1.48 bits per heavy atom. The lowest BCUT2D eigenvalue weighted by atomic mass is 9.80. The molecule has 5 atom stereocenters. The molecule has 1 saturated carbocycles. The molecule has 0 radical (unpaired) electrons. The summed E-state index contributed by atoms with van der Waals surface area (Å²) < 4.78 is 16.6. The predicted molar refractivity (Wildman–Crippen MR) is 74.4 cm³/mol. The number of carbonyl (C=O) groups is 2. The number of rotatable bonds is 5. The van der Waals surface area contributed by atoms with Crippen LogP contribution in [0.5, 0.6) is 0 Å². The number of fused-ring (bicyclic) bond motifs is 1. The van der Waals surface area contributed by atoms with Crippen molar-refractivity contribution in [1.29, 1.82) is 0 Å². The summed E-state index contributed by atoms with van der Waals surface area (Å²) in [5.41, 5.74) is 5.14. The Hall–Kier alpha value is -1.18. The molecular formula is C14H24N2O5. The zero-order valence-corrected chi connectivity index (χ0v) is 12.9. The highest BCUT2D eigenvalue weighted by atomic mass is 16.7. The van der Waals surface area contributed by atoms with Crippen molar-refractivity contribution in [2.45, 2.75) is 70.1 Å². The average Bonchev–Trinajstić information content (AvgIpc) is 3.08. The lowest BCUT2D eigenvalue weighted by molar-refractivity contribution is -0.151. The van der Waals surface area contributed by atoms with Crippen molar-refractivity contribution in [2.24, 2.45) is 5.73 Å². The first-order chi connectivity index (χ1) is 9.81. The van der Waals surface area contributed by atoms with E-state index in [4.69, 9.17) is 19.9 Å². The zero-order chi connectivity index (χ0) is 15.8. The van der Waals surface area contributed by atoms with E-state index in [9.17, 15) is 9.59 Å². The summed E-state index contributed by atoms with van der Waals surface area (Å²) in [7, 11) is 0. The van der Waals surface area contributed by atoms with Crippen LogP contribution in [0.2, 0.25) is 0 Å². The van der Waals surface area contributed by atoms with Crippen molar-refractivity contribution in [3.8, 4) is 0 Å². The first-order valence-electron chi connectivity index (χ1n) is 7.35. The quantitative estimate of drug-likeness (QED) is 0.534. The lowest BCUT2D eigenvalue weighted by Gasteiger charge is -2.37. The van der Waals surface area contributed by atoms with Crippen molar-refractivity contribution in [1.82, 2.24) is 5.32 Å². The smallest absolute Gasteiger partial charge is 0.341 e. The van der Waals surface area contributed by atoms with Crippen LogP contribution >= 0.6 is 0 Å². The van der Waals surface area contributed by atoms with Gasteiger partial charge in [0.05, 0.1) is 18.8 Å². The third-order valence-electron chi connectivity index (χ3n) is 3.81. The molecule has 2 aliphatic rings. The van der Waals surface area contributed by atoms with Gasteiger partial charge in [0.2, 0.25) is 5.91 Å². The van der Waals surface area contributed by atoms with Gasteiger partial charge in [0.25, 0.3) is 0 Å². The Kier molecular flexibility index (Phi) is 4.55. The molecule has 0 aromatic rings. The fourth-order valence-electron chi connectivity index (χ4n) is 2.99. The van der Waals surface area contributed by atoms with Crippen molar-refractivity contribution < 1.29 is 23.8 Å². The van der Waals surface area contributed by atoms with Crippen LogP contribution in [-0.2, 0) is 23.8 Å². The molecule has 7 heteroatoms. The second-order valence-corrected chi connectivity index (χ2v) is 5.89. The fraction of sp³-hybridized carbons (Fsp3) is 0.857. The number of nitrogens with one attached hydrogen (secondary N) is 1. The average molecular weight is 300 g/mol. The normalized spacial score (nSPS) is 37.8. The monoisotopic (exact) mass is 300 g/mol. The molecule has 0 aromatic heterocycles. The highest BCUT2D eigenvalue weighted by Gasteiger charge is 2.72. The maximum Gasteiger partial charge on any atom is 0.341 e. The first-order valence-corrected chi connectivity index (χ1v) is 7.35. The summed E-state index contributed by atoms with van der Waals surface area (Å²) in [6.07, 6.45) is -0.627. The molecule has 1 aliphatic heterocycles. The van der Waals surface area contributed by atoms with Crippen LogP contribution in [-0.4, -0.2) is 54.5 Å². The number of carbonyl (C=O) groups excluding carboxylic acids is 2. The van der Waals surface area contributed by atoms with E-state index in [2.05, 4.69) is 5.32 Å². The highest BCUT2D eigenvalue weighted by Crippen LogP contribution is 2.49. The molecule has 1 saturated heterocycles. The van der Waals surface area contributed by atoms with Crippen molar-refractivity contribution >= 4 is 11.9 Å². The molecule has 1 amide bonds. The zero-order valence-electron chi connectivity index (χ0n) is 12.9. The Bertz CT molecular complexity index is 428. The number of epoxide rings is 1. The van der Waals surface area contributed by atoms with E-state index in [1.807, 2.05) is 13.8 Å². The Balaban J connectivity index is 2.19. The summed E-state index contributed by atoms with van der Waals surface area (Å²) in [5, 5.41) is 2.81. The van der Waals surface area contributed by atoms with Crippen LogP contribution in [0.4, 0.5) is 0 Å². The molecule has 2 unspecified atom stereocenters. The molecule has 1 aliphatic carbocycles. The van der Waals surface area contributed by atoms with Gasteiger partial charge in [-0.05, 0) is 20.8 Å². The Labute approximate surface area is 124 Å². The molecular weight excluding hydrogens is 276 g/mol. The largest absolute Gasteiger partial charge is 0.464 e. The molecule has 1 heterocycles. The predicted octanol–water partition coefficient (Wildman–Crippen LogP) is -0.284. The van der Waals surface area contributed by atoms with E-state index in [0.29, 0.717) is 6.42 Å². The van der Waals surface area contributed by atoms with Crippen LogP contribution in [0.15, 0.2) is 0 Å². The molecule has 0 bridgehead atoms. The molecule has 120 valence electrons. The molecule has 7 nitrogen and oxygen atoms in total. The maximum absolute atomic E-state index is 12.1. The van der Waals surface area contributed by atoms with Gasteiger partial charge >= 0.3 is 5.97 Å². The molecule has 3 N–H and O–H groups in total. The number of esters is 1. The van der Waals surface area contributed by atoms with Crippen molar-refractivity contribution in [2.75, 3.05) is 6.61 Å². The van der Waals surface area contributed by atoms with Gasteiger partial charge in [-0.3, -0.25) is 4.79 Å². The molecule has 21 heavy (non-hydrogen) atoms. The van der Waals surface area contributed by atoms with E-state index < -0.39 is 29.8 Å². The topological polar surface area (TPSA) is 103 Å². The van der Waals surface area contributed by atoms with Crippen LogP contribution in [0.3, 0.4) is 0 Å². The second-order valence-electron chi connectivity index (χ2n) is 5.89. The van der Waals surface area contributed by atoms with E-state index in [1.165, 1.54) is 6.92 Å². The minimum absolute atomic E-state index is 0.0688. The third-order valence-corrected chi connectivity index (χ3v) is 3.81. The summed E-state index contributed by atoms with van der Waals surface area (Å²) in [5.74, 6) is -0.582. The van der Waals surface area contributed by atoms with Crippen LogP contribution in [0, 0.1) is 0 Å².